The summed E-state index contributed by atoms with van der Waals surface area (Å²) >= 11 is 1.33. The molecule has 0 aliphatic carbocycles. The van der Waals surface area contributed by atoms with Gasteiger partial charge in [0.2, 0.25) is 5.91 Å². The molecule has 0 spiro atoms. The summed E-state index contributed by atoms with van der Waals surface area (Å²) in [5, 5.41) is 1.83. The Balaban J connectivity index is 1.64. The number of benzene rings is 2. The van der Waals surface area contributed by atoms with E-state index >= 15 is 0 Å². The van der Waals surface area contributed by atoms with E-state index in [9.17, 15) is 14.4 Å². The molecule has 4 rings (SSSR count). The minimum absolute atomic E-state index is 0.0201. The number of thiophene rings is 1. The number of rotatable bonds is 6. The first kappa shape index (κ1) is 22.0. The van der Waals surface area contributed by atoms with E-state index in [4.69, 9.17) is 0 Å². The van der Waals surface area contributed by atoms with Gasteiger partial charge in [-0.2, -0.15) is 0 Å². The molecular formula is C26H26N2O3S. The zero-order valence-electron chi connectivity index (χ0n) is 18.4. The lowest BCUT2D eigenvalue weighted by molar-refractivity contribution is -0.122. The quantitative estimate of drug-likeness (QED) is 0.492. The van der Waals surface area contributed by atoms with Crippen LogP contribution in [0.1, 0.15) is 52.5 Å². The molecule has 2 heterocycles. The fourth-order valence-corrected chi connectivity index (χ4v) is 4.57. The van der Waals surface area contributed by atoms with Crippen LogP contribution in [0.15, 0.2) is 66.0 Å². The SMILES string of the molecule is Cc1ccc(CN(C(=O)c2cccs2)C2CC(=O)N(c3ccc(C(C)C)cc3)C2=O)cc1. The third-order valence-electron chi connectivity index (χ3n) is 5.78. The van der Waals surface area contributed by atoms with E-state index in [1.807, 2.05) is 54.8 Å². The number of hydrogen-bond acceptors (Lipinski definition) is 4. The molecule has 3 amide bonds. The fraction of sp³-hybridized carbons (Fsp3) is 0.269. The Labute approximate surface area is 192 Å². The van der Waals surface area contributed by atoms with Gasteiger partial charge < -0.3 is 4.90 Å². The average Bonchev–Trinajstić information content (AvgIpc) is 3.41. The molecule has 3 aromatic rings. The van der Waals surface area contributed by atoms with Crippen molar-refractivity contribution < 1.29 is 14.4 Å². The van der Waals surface area contributed by atoms with Gasteiger partial charge in [0.25, 0.3) is 11.8 Å². The van der Waals surface area contributed by atoms with E-state index in [-0.39, 0.29) is 30.7 Å². The van der Waals surface area contributed by atoms with Crippen molar-refractivity contribution in [3.05, 3.63) is 87.6 Å². The van der Waals surface area contributed by atoms with Gasteiger partial charge in [0, 0.05) is 6.54 Å². The zero-order chi connectivity index (χ0) is 22.8. The molecule has 0 bridgehead atoms. The van der Waals surface area contributed by atoms with Crippen molar-refractivity contribution >= 4 is 34.7 Å². The second-order valence-corrected chi connectivity index (χ2v) is 9.38. The number of nitrogens with zero attached hydrogens (tertiary/aromatic N) is 2. The van der Waals surface area contributed by atoms with Crippen LogP contribution in [0, 0.1) is 6.92 Å². The summed E-state index contributed by atoms with van der Waals surface area (Å²) in [5.74, 6) is -0.520. The summed E-state index contributed by atoms with van der Waals surface area (Å²) in [4.78, 5) is 43.0. The highest BCUT2D eigenvalue weighted by Gasteiger charge is 2.44. The molecule has 6 heteroatoms. The smallest absolute Gasteiger partial charge is 0.264 e. The van der Waals surface area contributed by atoms with E-state index in [1.54, 1.807) is 23.1 Å². The third-order valence-corrected chi connectivity index (χ3v) is 6.64. The van der Waals surface area contributed by atoms with Crippen molar-refractivity contribution in [1.82, 2.24) is 4.90 Å². The molecule has 1 aromatic heterocycles. The maximum atomic E-state index is 13.4. The van der Waals surface area contributed by atoms with Crippen LogP contribution >= 0.6 is 11.3 Å². The monoisotopic (exact) mass is 446 g/mol. The maximum Gasteiger partial charge on any atom is 0.264 e. The van der Waals surface area contributed by atoms with Crippen LogP contribution in [0.2, 0.25) is 0 Å². The van der Waals surface area contributed by atoms with Gasteiger partial charge in [-0.3, -0.25) is 14.4 Å². The van der Waals surface area contributed by atoms with Crippen LogP contribution < -0.4 is 4.90 Å². The Kier molecular flexibility index (Phi) is 6.24. The Morgan fingerprint density at radius 2 is 1.75 bits per heavy atom. The molecule has 2 aromatic carbocycles. The Morgan fingerprint density at radius 3 is 2.34 bits per heavy atom. The van der Waals surface area contributed by atoms with Crippen molar-refractivity contribution in [1.29, 1.82) is 0 Å². The fourth-order valence-electron chi connectivity index (χ4n) is 3.89. The molecular weight excluding hydrogens is 420 g/mol. The predicted molar refractivity (Wildman–Crippen MR) is 127 cm³/mol. The largest absolute Gasteiger partial charge is 0.321 e. The van der Waals surface area contributed by atoms with Crippen molar-refractivity contribution in [3.8, 4) is 0 Å². The number of amides is 3. The number of carbonyl (C=O) groups excluding carboxylic acids is 3. The van der Waals surface area contributed by atoms with Gasteiger partial charge in [0.05, 0.1) is 17.0 Å². The number of anilines is 1. The summed E-state index contributed by atoms with van der Waals surface area (Å²) in [7, 11) is 0. The second kappa shape index (κ2) is 9.09. The standard InChI is InChI=1S/C26H26N2O3S/c1-17(2)20-10-12-21(13-11-20)28-24(29)15-22(25(28)30)27(26(31)23-5-4-14-32-23)16-19-8-6-18(3)7-9-19/h4-14,17,22H,15-16H2,1-3H3. The second-order valence-electron chi connectivity index (χ2n) is 8.43. The molecule has 164 valence electrons. The zero-order valence-corrected chi connectivity index (χ0v) is 19.3. The van der Waals surface area contributed by atoms with Gasteiger partial charge in [-0.25, -0.2) is 4.90 Å². The Bertz CT molecular complexity index is 1120. The normalized spacial score (nSPS) is 16.1. The van der Waals surface area contributed by atoms with E-state index in [0.717, 1.165) is 16.7 Å². The van der Waals surface area contributed by atoms with Gasteiger partial charge in [-0.1, -0.05) is 61.9 Å². The Hall–Kier alpha value is -3.25. The molecule has 1 aliphatic heterocycles. The summed E-state index contributed by atoms with van der Waals surface area (Å²) < 4.78 is 0. The first-order chi connectivity index (χ1) is 15.3. The lowest BCUT2D eigenvalue weighted by atomic mass is 10.0. The minimum atomic E-state index is -0.830. The van der Waals surface area contributed by atoms with Gasteiger partial charge in [-0.05, 0) is 47.5 Å². The van der Waals surface area contributed by atoms with Crippen LogP contribution in [0.3, 0.4) is 0 Å². The van der Waals surface area contributed by atoms with Crippen LogP contribution in [-0.4, -0.2) is 28.7 Å². The maximum absolute atomic E-state index is 13.4. The van der Waals surface area contributed by atoms with Crippen LogP contribution in [0.4, 0.5) is 5.69 Å². The topological polar surface area (TPSA) is 57.7 Å². The molecule has 1 fully saturated rings. The molecule has 5 nitrogen and oxygen atoms in total. The van der Waals surface area contributed by atoms with Crippen molar-refractivity contribution in [3.63, 3.8) is 0 Å². The molecule has 1 saturated heterocycles. The molecule has 0 N–H and O–H groups in total. The van der Waals surface area contributed by atoms with Gasteiger partial charge in [0.1, 0.15) is 6.04 Å². The lowest BCUT2D eigenvalue weighted by Crippen LogP contribution is -2.44. The summed E-state index contributed by atoms with van der Waals surface area (Å²) in [5.41, 5.74) is 3.72. The van der Waals surface area contributed by atoms with E-state index in [1.165, 1.54) is 16.2 Å². The third kappa shape index (κ3) is 4.36. The number of imide groups is 1. The number of carbonyl (C=O) groups is 3. The summed E-state index contributed by atoms with van der Waals surface area (Å²) in [6.45, 7) is 6.45. The molecule has 1 unspecified atom stereocenters. The van der Waals surface area contributed by atoms with Crippen LogP contribution in [-0.2, 0) is 16.1 Å². The van der Waals surface area contributed by atoms with Crippen molar-refractivity contribution in [2.24, 2.45) is 0 Å². The van der Waals surface area contributed by atoms with Crippen molar-refractivity contribution in [2.45, 2.75) is 45.7 Å². The first-order valence-corrected chi connectivity index (χ1v) is 11.6. The van der Waals surface area contributed by atoms with Crippen LogP contribution in [0.5, 0.6) is 0 Å². The highest BCUT2D eigenvalue weighted by molar-refractivity contribution is 7.12. The van der Waals surface area contributed by atoms with E-state index < -0.39 is 6.04 Å². The molecule has 32 heavy (non-hydrogen) atoms. The average molecular weight is 447 g/mol. The van der Waals surface area contributed by atoms with Crippen LogP contribution in [0.25, 0.3) is 0 Å². The number of hydrogen-bond donors (Lipinski definition) is 0. The van der Waals surface area contributed by atoms with Gasteiger partial charge in [0.15, 0.2) is 0 Å². The van der Waals surface area contributed by atoms with E-state index in [0.29, 0.717) is 16.5 Å². The minimum Gasteiger partial charge on any atom is -0.321 e. The van der Waals surface area contributed by atoms with Gasteiger partial charge in [-0.15, -0.1) is 11.3 Å². The predicted octanol–water partition coefficient (Wildman–Crippen LogP) is 5.15. The first-order valence-electron chi connectivity index (χ1n) is 10.7. The molecule has 0 saturated carbocycles. The molecule has 1 atom stereocenters. The Morgan fingerprint density at radius 1 is 1.06 bits per heavy atom. The molecule has 0 radical (unpaired) electrons. The number of aryl methyl sites for hydroxylation is 1. The molecule has 1 aliphatic rings. The highest BCUT2D eigenvalue weighted by atomic mass is 32.1. The van der Waals surface area contributed by atoms with E-state index in [2.05, 4.69) is 13.8 Å². The van der Waals surface area contributed by atoms with Crippen molar-refractivity contribution in [2.75, 3.05) is 4.90 Å². The highest BCUT2D eigenvalue weighted by Crippen LogP contribution is 2.29. The lowest BCUT2D eigenvalue weighted by Gasteiger charge is -2.27. The summed E-state index contributed by atoms with van der Waals surface area (Å²) in [6, 6.07) is 18.1. The van der Waals surface area contributed by atoms with Gasteiger partial charge >= 0.3 is 0 Å². The summed E-state index contributed by atoms with van der Waals surface area (Å²) in [6.07, 6.45) is -0.0201.